The van der Waals surface area contributed by atoms with Crippen molar-refractivity contribution in [3.05, 3.63) is 35.4 Å². The Kier molecular flexibility index (Phi) is 4.77. The summed E-state index contributed by atoms with van der Waals surface area (Å²) in [5.74, 6) is -1.10. The van der Waals surface area contributed by atoms with E-state index in [9.17, 15) is 13.9 Å². The monoisotopic (exact) mass is 297 g/mol. The van der Waals surface area contributed by atoms with Gasteiger partial charge in [-0.25, -0.2) is 13.8 Å². The lowest BCUT2D eigenvalue weighted by atomic mass is 9.95. The summed E-state index contributed by atoms with van der Waals surface area (Å²) in [5, 5.41) is 10.4. The van der Waals surface area contributed by atoms with Gasteiger partial charge >= 0.3 is 0 Å². The Balaban J connectivity index is 2.09. The summed E-state index contributed by atoms with van der Waals surface area (Å²) < 4.78 is 26.7. The van der Waals surface area contributed by atoms with Gasteiger partial charge in [-0.3, -0.25) is 0 Å². The first kappa shape index (κ1) is 15.7. The molecule has 0 spiro atoms. The van der Waals surface area contributed by atoms with Crippen molar-refractivity contribution < 1.29 is 13.9 Å². The Hall–Kier alpha value is -1.69. The molecule has 0 aliphatic carbocycles. The van der Waals surface area contributed by atoms with Crippen molar-refractivity contribution in [1.29, 1.82) is 0 Å². The maximum Gasteiger partial charge on any atom is 0.191 e. The zero-order chi connectivity index (χ0) is 15.5. The lowest BCUT2D eigenvalue weighted by Gasteiger charge is -2.29. The van der Waals surface area contributed by atoms with E-state index in [-0.39, 0.29) is 12.1 Å². The van der Waals surface area contributed by atoms with Gasteiger partial charge in [0, 0.05) is 24.7 Å². The molecule has 1 unspecified atom stereocenters. The molecule has 0 bridgehead atoms. The number of aliphatic hydroxyl groups is 1. The molecule has 116 valence electrons. The van der Waals surface area contributed by atoms with Gasteiger partial charge in [-0.05, 0) is 32.3 Å². The first-order valence-electron chi connectivity index (χ1n) is 7.13. The third kappa shape index (κ3) is 3.91. The zero-order valence-electron chi connectivity index (χ0n) is 12.1. The van der Waals surface area contributed by atoms with Gasteiger partial charge in [0.1, 0.15) is 17.2 Å². The molecule has 0 radical (unpaired) electrons. The second-order valence-corrected chi connectivity index (χ2v) is 5.62. The molecule has 3 N–H and O–H groups in total. The van der Waals surface area contributed by atoms with E-state index in [0.29, 0.717) is 5.96 Å². The van der Waals surface area contributed by atoms with Crippen LogP contribution in [0, 0.1) is 11.6 Å². The van der Waals surface area contributed by atoms with Gasteiger partial charge in [-0.2, -0.15) is 0 Å². The minimum absolute atomic E-state index is 0.0131. The molecule has 1 aliphatic rings. The highest BCUT2D eigenvalue weighted by molar-refractivity contribution is 5.78. The number of benzene rings is 1. The van der Waals surface area contributed by atoms with Gasteiger partial charge < -0.3 is 15.7 Å². The molecule has 21 heavy (non-hydrogen) atoms. The average Bonchev–Trinajstić information content (AvgIpc) is 2.45. The molecule has 1 heterocycles. The standard InChI is InChI=1S/C15H21F2N3O/c1-15(21,12-6-5-11(16)9-13(12)17)10-19-14(18)20-7-3-2-4-8-20/h5-6,9,21H,2-4,7-8,10H2,1H3,(H2,18,19). The summed E-state index contributed by atoms with van der Waals surface area (Å²) in [6.07, 6.45) is 3.32. The maximum atomic E-state index is 13.7. The van der Waals surface area contributed by atoms with E-state index in [0.717, 1.165) is 38.1 Å². The predicted molar refractivity (Wildman–Crippen MR) is 77.8 cm³/mol. The van der Waals surface area contributed by atoms with Gasteiger partial charge in [0.15, 0.2) is 5.96 Å². The van der Waals surface area contributed by atoms with E-state index < -0.39 is 17.2 Å². The van der Waals surface area contributed by atoms with Gasteiger partial charge in [0.05, 0.1) is 6.54 Å². The van der Waals surface area contributed by atoms with Crippen LogP contribution in [0.25, 0.3) is 0 Å². The number of nitrogens with two attached hydrogens (primary N) is 1. The van der Waals surface area contributed by atoms with Gasteiger partial charge in [0.2, 0.25) is 0 Å². The van der Waals surface area contributed by atoms with Crippen LogP contribution in [0.2, 0.25) is 0 Å². The quantitative estimate of drug-likeness (QED) is 0.662. The van der Waals surface area contributed by atoms with Gasteiger partial charge in [-0.1, -0.05) is 6.07 Å². The minimum atomic E-state index is -1.53. The first-order valence-corrected chi connectivity index (χ1v) is 7.13. The Labute approximate surface area is 123 Å². The van der Waals surface area contributed by atoms with Crippen LogP contribution >= 0.6 is 0 Å². The number of guanidine groups is 1. The second kappa shape index (κ2) is 6.39. The molecule has 4 nitrogen and oxygen atoms in total. The average molecular weight is 297 g/mol. The molecule has 0 amide bonds. The van der Waals surface area contributed by atoms with E-state index in [1.165, 1.54) is 19.4 Å². The summed E-state index contributed by atoms with van der Waals surface area (Å²) in [6.45, 7) is 3.07. The number of rotatable bonds is 3. The number of nitrogens with zero attached hydrogens (tertiary/aromatic N) is 2. The van der Waals surface area contributed by atoms with Crippen LogP contribution < -0.4 is 5.73 Å². The van der Waals surface area contributed by atoms with E-state index >= 15 is 0 Å². The Bertz CT molecular complexity index is 526. The lowest BCUT2D eigenvalue weighted by Crippen LogP contribution is -2.41. The molecule has 1 atom stereocenters. The summed E-state index contributed by atoms with van der Waals surface area (Å²) in [5.41, 5.74) is 4.39. The third-order valence-corrected chi connectivity index (χ3v) is 3.74. The van der Waals surface area contributed by atoms with Crippen LogP contribution in [-0.2, 0) is 5.60 Å². The Morgan fingerprint density at radius 1 is 1.33 bits per heavy atom. The van der Waals surface area contributed by atoms with E-state index in [2.05, 4.69) is 4.99 Å². The van der Waals surface area contributed by atoms with Crippen molar-refractivity contribution in [2.24, 2.45) is 10.7 Å². The van der Waals surface area contributed by atoms with Crippen molar-refractivity contribution in [2.75, 3.05) is 19.6 Å². The fourth-order valence-corrected chi connectivity index (χ4v) is 2.47. The van der Waals surface area contributed by atoms with Crippen LogP contribution in [0.4, 0.5) is 8.78 Å². The fraction of sp³-hybridized carbons (Fsp3) is 0.533. The number of piperidine rings is 1. The summed E-state index contributed by atoms with van der Waals surface area (Å²) >= 11 is 0. The number of likely N-dealkylation sites (tertiary alicyclic amines) is 1. The van der Waals surface area contributed by atoms with Crippen LogP contribution in [-0.4, -0.2) is 35.6 Å². The molecule has 2 rings (SSSR count). The molecule has 0 aromatic heterocycles. The van der Waals surface area contributed by atoms with Crippen molar-refractivity contribution in [1.82, 2.24) is 4.90 Å². The van der Waals surface area contributed by atoms with E-state index in [4.69, 9.17) is 5.73 Å². The number of hydrogen-bond donors (Lipinski definition) is 2. The number of aliphatic imine (C=N–C) groups is 1. The van der Waals surface area contributed by atoms with Crippen molar-refractivity contribution in [3.63, 3.8) is 0 Å². The van der Waals surface area contributed by atoms with E-state index in [1.807, 2.05) is 4.90 Å². The first-order chi connectivity index (χ1) is 9.90. The largest absolute Gasteiger partial charge is 0.383 e. The Morgan fingerprint density at radius 3 is 2.62 bits per heavy atom. The van der Waals surface area contributed by atoms with E-state index in [1.54, 1.807) is 0 Å². The topological polar surface area (TPSA) is 61.9 Å². The van der Waals surface area contributed by atoms with Crippen molar-refractivity contribution >= 4 is 5.96 Å². The molecule has 1 aliphatic heterocycles. The number of halogens is 2. The highest BCUT2D eigenvalue weighted by Gasteiger charge is 2.27. The molecule has 1 saturated heterocycles. The molecule has 0 saturated carbocycles. The highest BCUT2D eigenvalue weighted by Crippen LogP contribution is 2.24. The minimum Gasteiger partial charge on any atom is -0.383 e. The molecular formula is C15H21F2N3O. The predicted octanol–water partition coefficient (Wildman–Crippen LogP) is 1.97. The molecular weight excluding hydrogens is 276 g/mol. The highest BCUT2D eigenvalue weighted by atomic mass is 19.1. The van der Waals surface area contributed by atoms with Crippen LogP contribution in [0.5, 0.6) is 0 Å². The van der Waals surface area contributed by atoms with Crippen LogP contribution in [0.1, 0.15) is 31.7 Å². The van der Waals surface area contributed by atoms with Crippen molar-refractivity contribution in [2.45, 2.75) is 31.8 Å². The summed E-state index contributed by atoms with van der Waals surface area (Å²) in [4.78, 5) is 6.13. The molecule has 1 fully saturated rings. The SMILES string of the molecule is CC(O)(CN=C(N)N1CCCCC1)c1ccc(F)cc1F. The molecule has 1 aromatic rings. The fourth-order valence-electron chi connectivity index (χ4n) is 2.47. The lowest BCUT2D eigenvalue weighted by molar-refractivity contribution is 0.0630. The zero-order valence-corrected chi connectivity index (χ0v) is 12.1. The summed E-state index contributed by atoms with van der Waals surface area (Å²) in [6, 6.07) is 3.10. The summed E-state index contributed by atoms with van der Waals surface area (Å²) in [7, 11) is 0. The Morgan fingerprint density at radius 2 is 2.00 bits per heavy atom. The molecule has 1 aromatic carbocycles. The molecule has 6 heteroatoms. The van der Waals surface area contributed by atoms with Crippen LogP contribution in [0.3, 0.4) is 0 Å². The van der Waals surface area contributed by atoms with Gasteiger partial charge in [0.25, 0.3) is 0 Å². The number of hydrogen-bond acceptors (Lipinski definition) is 2. The smallest absolute Gasteiger partial charge is 0.191 e. The second-order valence-electron chi connectivity index (χ2n) is 5.62. The maximum absolute atomic E-state index is 13.7. The van der Waals surface area contributed by atoms with Gasteiger partial charge in [-0.15, -0.1) is 0 Å². The normalized spacial score (nSPS) is 19.4. The van der Waals surface area contributed by atoms with Crippen LogP contribution in [0.15, 0.2) is 23.2 Å². The van der Waals surface area contributed by atoms with Crippen molar-refractivity contribution in [3.8, 4) is 0 Å². The third-order valence-electron chi connectivity index (χ3n) is 3.74.